The average molecular weight is 250 g/mol. The Bertz CT molecular complexity index is 250. The van der Waals surface area contributed by atoms with Gasteiger partial charge in [-0.3, -0.25) is 0 Å². The number of hydrogen-bond acceptors (Lipinski definition) is 1. The van der Waals surface area contributed by atoms with Crippen LogP contribution in [-0.4, -0.2) is 6.29 Å². The third-order valence-corrected chi connectivity index (χ3v) is 5.70. The van der Waals surface area contributed by atoms with Crippen LogP contribution in [0.15, 0.2) is 0 Å². The standard InChI is InChI=1S/C17H30O/c1-13-5-3-6-14(2)17(13)10-9-15-7-4-8-16(11-15)12-18/h12-17H,3-11H2,1-2H3. The van der Waals surface area contributed by atoms with Gasteiger partial charge in [0.05, 0.1) is 0 Å². The van der Waals surface area contributed by atoms with Crippen LogP contribution in [0.5, 0.6) is 0 Å². The van der Waals surface area contributed by atoms with Crippen molar-refractivity contribution in [1.82, 2.24) is 0 Å². The van der Waals surface area contributed by atoms with Gasteiger partial charge in [-0.1, -0.05) is 52.4 Å². The highest BCUT2D eigenvalue weighted by Gasteiger charge is 2.29. The fourth-order valence-electron chi connectivity index (χ4n) is 4.47. The number of hydrogen-bond donors (Lipinski definition) is 0. The van der Waals surface area contributed by atoms with Crippen molar-refractivity contribution in [3.05, 3.63) is 0 Å². The zero-order chi connectivity index (χ0) is 13.0. The van der Waals surface area contributed by atoms with E-state index in [-0.39, 0.29) is 0 Å². The van der Waals surface area contributed by atoms with E-state index in [9.17, 15) is 4.79 Å². The molecular weight excluding hydrogens is 220 g/mol. The van der Waals surface area contributed by atoms with E-state index in [0.29, 0.717) is 5.92 Å². The fourth-order valence-corrected chi connectivity index (χ4v) is 4.47. The van der Waals surface area contributed by atoms with Crippen LogP contribution in [0.1, 0.15) is 71.6 Å². The summed E-state index contributed by atoms with van der Waals surface area (Å²) in [6.07, 6.45) is 13.3. The zero-order valence-corrected chi connectivity index (χ0v) is 12.2. The number of carbonyl (C=O) groups excluding carboxylic acids is 1. The Hall–Kier alpha value is -0.330. The minimum absolute atomic E-state index is 0.380. The van der Waals surface area contributed by atoms with E-state index >= 15 is 0 Å². The van der Waals surface area contributed by atoms with Crippen molar-refractivity contribution in [2.75, 3.05) is 0 Å². The van der Waals surface area contributed by atoms with Gasteiger partial charge in [-0.15, -0.1) is 0 Å². The van der Waals surface area contributed by atoms with Crippen LogP contribution in [0.2, 0.25) is 0 Å². The first-order valence-corrected chi connectivity index (χ1v) is 8.16. The Morgan fingerprint density at radius 2 is 1.61 bits per heavy atom. The Balaban J connectivity index is 1.77. The van der Waals surface area contributed by atoms with E-state index in [1.807, 2.05) is 0 Å². The summed E-state index contributed by atoms with van der Waals surface area (Å²) in [5, 5.41) is 0. The molecule has 2 aliphatic rings. The normalized spacial score (nSPS) is 41.6. The van der Waals surface area contributed by atoms with Gasteiger partial charge in [0.25, 0.3) is 0 Å². The third-order valence-electron chi connectivity index (χ3n) is 5.70. The summed E-state index contributed by atoms with van der Waals surface area (Å²) in [5.74, 6) is 4.04. The predicted octanol–water partition coefficient (Wildman–Crippen LogP) is 4.84. The summed E-state index contributed by atoms with van der Waals surface area (Å²) < 4.78 is 0. The minimum Gasteiger partial charge on any atom is -0.303 e. The minimum atomic E-state index is 0.380. The lowest BCUT2D eigenvalue weighted by Crippen LogP contribution is -2.26. The molecule has 2 saturated carbocycles. The van der Waals surface area contributed by atoms with E-state index in [0.717, 1.165) is 30.1 Å². The van der Waals surface area contributed by atoms with Crippen LogP contribution in [0, 0.1) is 29.6 Å². The highest BCUT2D eigenvalue weighted by Crippen LogP contribution is 2.40. The van der Waals surface area contributed by atoms with E-state index in [1.165, 1.54) is 57.7 Å². The third kappa shape index (κ3) is 3.59. The topological polar surface area (TPSA) is 17.1 Å². The predicted molar refractivity (Wildman–Crippen MR) is 76.4 cm³/mol. The van der Waals surface area contributed by atoms with Gasteiger partial charge in [0.2, 0.25) is 0 Å². The van der Waals surface area contributed by atoms with Crippen LogP contribution >= 0.6 is 0 Å². The maximum Gasteiger partial charge on any atom is 0.123 e. The first-order chi connectivity index (χ1) is 8.70. The Morgan fingerprint density at radius 1 is 0.944 bits per heavy atom. The maximum atomic E-state index is 10.9. The molecule has 4 unspecified atom stereocenters. The molecule has 104 valence electrons. The molecule has 0 heterocycles. The Labute approximate surface area is 113 Å². The summed E-state index contributed by atoms with van der Waals surface area (Å²) in [6.45, 7) is 4.91. The van der Waals surface area contributed by atoms with E-state index in [4.69, 9.17) is 0 Å². The van der Waals surface area contributed by atoms with Gasteiger partial charge in [0.1, 0.15) is 6.29 Å². The second kappa shape index (κ2) is 6.73. The van der Waals surface area contributed by atoms with Crippen molar-refractivity contribution < 1.29 is 4.79 Å². The van der Waals surface area contributed by atoms with Crippen molar-refractivity contribution in [3.8, 4) is 0 Å². The molecule has 0 amide bonds. The lowest BCUT2D eigenvalue weighted by molar-refractivity contribution is -0.112. The molecule has 2 aliphatic carbocycles. The molecule has 1 nitrogen and oxygen atoms in total. The monoisotopic (exact) mass is 250 g/mol. The lowest BCUT2D eigenvalue weighted by atomic mass is 9.69. The van der Waals surface area contributed by atoms with Crippen molar-refractivity contribution in [2.24, 2.45) is 29.6 Å². The fraction of sp³-hybridized carbons (Fsp3) is 0.941. The number of aldehydes is 1. The molecule has 4 atom stereocenters. The van der Waals surface area contributed by atoms with Gasteiger partial charge in [-0.05, 0) is 42.9 Å². The van der Waals surface area contributed by atoms with Crippen LogP contribution in [-0.2, 0) is 4.79 Å². The summed E-state index contributed by atoms with van der Waals surface area (Å²) in [5.41, 5.74) is 0. The van der Waals surface area contributed by atoms with Gasteiger partial charge >= 0.3 is 0 Å². The summed E-state index contributed by atoms with van der Waals surface area (Å²) in [6, 6.07) is 0. The van der Waals surface area contributed by atoms with E-state index in [1.54, 1.807) is 0 Å². The van der Waals surface area contributed by atoms with Gasteiger partial charge in [0.15, 0.2) is 0 Å². The summed E-state index contributed by atoms with van der Waals surface area (Å²) >= 11 is 0. The molecule has 2 fully saturated rings. The molecule has 1 heteroatoms. The lowest BCUT2D eigenvalue weighted by Gasteiger charge is -2.36. The van der Waals surface area contributed by atoms with Crippen LogP contribution in [0.4, 0.5) is 0 Å². The second-order valence-electron chi connectivity index (χ2n) is 7.06. The van der Waals surface area contributed by atoms with Crippen molar-refractivity contribution in [1.29, 1.82) is 0 Å². The SMILES string of the molecule is CC1CCCC(C)C1CCC1CCCC(C=O)C1. The Morgan fingerprint density at radius 3 is 2.28 bits per heavy atom. The molecule has 0 spiro atoms. The van der Waals surface area contributed by atoms with E-state index < -0.39 is 0 Å². The van der Waals surface area contributed by atoms with Crippen molar-refractivity contribution >= 4 is 6.29 Å². The highest BCUT2D eigenvalue weighted by molar-refractivity contribution is 5.53. The molecular formula is C17H30O. The maximum absolute atomic E-state index is 10.9. The molecule has 0 aromatic rings. The zero-order valence-electron chi connectivity index (χ0n) is 12.2. The molecule has 0 aromatic carbocycles. The van der Waals surface area contributed by atoms with Gasteiger partial charge in [0, 0.05) is 5.92 Å². The van der Waals surface area contributed by atoms with Crippen molar-refractivity contribution in [3.63, 3.8) is 0 Å². The number of rotatable bonds is 4. The number of carbonyl (C=O) groups is 1. The smallest absolute Gasteiger partial charge is 0.123 e. The largest absolute Gasteiger partial charge is 0.303 e. The quantitative estimate of drug-likeness (QED) is 0.652. The van der Waals surface area contributed by atoms with Gasteiger partial charge < -0.3 is 4.79 Å². The molecule has 0 saturated heterocycles. The molecule has 0 bridgehead atoms. The molecule has 0 aromatic heterocycles. The molecule has 18 heavy (non-hydrogen) atoms. The van der Waals surface area contributed by atoms with Gasteiger partial charge in [-0.2, -0.15) is 0 Å². The first-order valence-electron chi connectivity index (χ1n) is 8.16. The summed E-state index contributed by atoms with van der Waals surface area (Å²) in [7, 11) is 0. The summed E-state index contributed by atoms with van der Waals surface area (Å²) in [4.78, 5) is 10.9. The molecule has 0 N–H and O–H groups in total. The van der Waals surface area contributed by atoms with Gasteiger partial charge in [-0.25, -0.2) is 0 Å². The van der Waals surface area contributed by atoms with E-state index in [2.05, 4.69) is 13.8 Å². The van der Waals surface area contributed by atoms with Crippen LogP contribution < -0.4 is 0 Å². The highest BCUT2D eigenvalue weighted by atomic mass is 16.1. The molecule has 2 rings (SSSR count). The van der Waals surface area contributed by atoms with Crippen molar-refractivity contribution in [2.45, 2.75) is 71.6 Å². The van der Waals surface area contributed by atoms with Crippen LogP contribution in [0.3, 0.4) is 0 Å². The van der Waals surface area contributed by atoms with Crippen LogP contribution in [0.25, 0.3) is 0 Å². The molecule has 0 radical (unpaired) electrons. The average Bonchev–Trinajstić information content (AvgIpc) is 2.38. The molecule has 0 aliphatic heterocycles. The second-order valence-corrected chi connectivity index (χ2v) is 7.06. The first kappa shape index (κ1) is 14.1. The Kier molecular flexibility index (Phi) is 5.26.